The van der Waals surface area contributed by atoms with Crippen molar-refractivity contribution in [3.63, 3.8) is 0 Å². The lowest BCUT2D eigenvalue weighted by Gasteiger charge is -2.20. The van der Waals surface area contributed by atoms with Crippen molar-refractivity contribution >= 4 is 5.91 Å². The highest BCUT2D eigenvalue weighted by Gasteiger charge is 2.09. The minimum Gasteiger partial charge on any atom is -0.378 e. The van der Waals surface area contributed by atoms with E-state index in [1.807, 2.05) is 0 Å². The maximum absolute atomic E-state index is 13.2. The smallest absolute Gasteiger partial charge is 0.219 e. The molecule has 0 aliphatic carbocycles. The van der Waals surface area contributed by atoms with Gasteiger partial charge in [0.05, 0.1) is 13.2 Å². The highest BCUT2D eigenvalue weighted by atomic mass is 19.1. The van der Waals surface area contributed by atoms with Crippen molar-refractivity contribution in [3.8, 4) is 0 Å². The van der Waals surface area contributed by atoms with Gasteiger partial charge in [0.2, 0.25) is 5.91 Å². The van der Waals surface area contributed by atoms with Gasteiger partial charge in [-0.15, -0.1) is 0 Å². The second-order valence-corrected chi connectivity index (χ2v) is 5.36. The van der Waals surface area contributed by atoms with Crippen LogP contribution < -0.4 is 10.6 Å². The van der Waals surface area contributed by atoms with Crippen LogP contribution in [0.4, 0.5) is 4.39 Å². The van der Waals surface area contributed by atoms with Crippen molar-refractivity contribution < 1.29 is 13.9 Å². The lowest BCUT2D eigenvalue weighted by molar-refractivity contribution is -0.121. The molecule has 1 unspecified atom stereocenters. The number of amides is 1. The molecule has 0 heterocycles. The highest BCUT2D eigenvalue weighted by molar-refractivity contribution is 5.75. The first kappa shape index (κ1) is 17.3. The Morgan fingerprint density at radius 2 is 2.06 bits per heavy atom. The van der Waals surface area contributed by atoms with Crippen LogP contribution in [0.2, 0.25) is 0 Å². The molecule has 5 heteroatoms. The third kappa shape index (κ3) is 11.8. The average Bonchev–Trinajstić information content (AvgIpc) is 2.29. The molecule has 0 bridgehead atoms. The standard InChI is InChI=1S/C13H27FN2O2/c1-5-12(17)15-9-11(14)10-18-8-6-7-16-13(2,3)4/h11,16H,5-10H2,1-4H3,(H,15,17). The molecule has 108 valence electrons. The Labute approximate surface area is 110 Å². The largest absolute Gasteiger partial charge is 0.378 e. The van der Waals surface area contributed by atoms with E-state index in [2.05, 4.69) is 31.4 Å². The summed E-state index contributed by atoms with van der Waals surface area (Å²) in [6.45, 7) is 9.50. The first-order valence-corrected chi connectivity index (χ1v) is 6.58. The Balaban J connectivity index is 3.35. The number of nitrogens with one attached hydrogen (secondary N) is 2. The van der Waals surface area contributed by atoms with Gasteiger partial charge in [-0.25, -0.2) is 4.39 Å². The number of carbonyl (C=O) groups excluding carboxylic acids is 1. The number of ether oxygens (including phenoxy) is 1. The van der Waals surface area contributed by atoms with Gasteiger partial charge in [-0.05, 0) is 33.7 Å². The van der Waals surface area contributed by atoms with E-state index in [4.69, 9.17) is 4.74 Å². The summed E-state index contributed by atoms with van der Waals surface area (Å²) >= 11 is 0. The molecule has 1 atom stereocenters. The van der Waals surface area contributed by atoms with Gasteiger partial charge in [0.15, 0.2) is 0 Å². The molecule has 0 saturated heterocycles. The lowest BCUT2D eigenvalue weighted by atomic mass is 10.1. The van der Waals surface area contributed by atoms with E-state index in [9.17, 15) is 9.18 Å². The normalized spacial score (nSPS) is 13.4. The summed E-state index contributed by atoms with van der Waals surface area (Å²) in [5, 5.41) is 5.82. The molecule has 0 aromatic rings. The fourth-order valence-electron chi connectivity index (χ4n) is 1.26. The number of alkyl halides is 1. The fourth-order valence-corrected chi connectivity index (χ4v) is 1.26. The molecule has 0 saturated carbocycles. The summed E-state index contributed by atoms with van der Waals surface area (Å²) < 4.78 is 18.5. The highest BCUT2D eigenvalue weighted by Crippen LogP contribution is 1.98. The molecule has 4 nitrogen and oxygen atoms in total. The first-order chi connectivity index (χ1) is 8.35. The van der Waals surface area contributed by atoms with Crippen LogP contribution in [0.3, 0.4) is 0 Å². The number of halogens is 1. The van der Waals surface area contributed by atoms with Crippen molar-refractivity contribution in [2.24, 2.45) is 0 Å². The molecule has 1 amide bonds. The van der Waals surface area contributed by atoms with Crippen LogP contribution in [0.15, 0.2) is 0 Å². The van der Waals surface area contributed by atoms with Crippen molar-refractivity contribution in [2.45, 2.75) is 52.2 Å². The molecule has 0 spiro atoms. The summed E-state index contributed by atoms with van der Waals surface area (Å²) in [6, 6.07) is 0. The Kier molecular flexibility index (Phi) is 8.93. The van der Waals surface area contributed by atoms with Crippen LogP contribution in [-0.2, 0) is 9.53 Å². The second kappa shape index (κ2) is 9.28. The van der Waals surface area contributed by atoms with Crippen molar-refractivity contribution in [1.82, 2.24) is 10.6 Å². The van der Waals surface area contributed by atoms with Crippen molar-refractivity contribution in [3.05, 3.63) is 0 Å². The zero-order chi connectivity index (χ0) is 14.0. The van der Waals surface area contributed by atoms with Crippen LogP contribution >= 0.6 is 0 Å². The van der Waals surface area contributed by atoms with E-state index in [0.717, 1.165) is 13.0 Å². The van der Waals surface area contributed by atoms with E-state index < -0.39 is 6.17 Å². The van der Waals surface area contributed by atoms with Gasteiger partial charge in [0.1, 0.15) is 6.17 Å². The summed E-state index contributed by atoms with van der Waals surface area (Å²) in [4.78, 5) is 10.9. The van der Waals surface area contributed by atoms with E-state index >= 15 is 0 Å². The average molecular weight is 262 g/mol. The van der Waals surface area contributed by atoms with Crippen LogP contribution in [0.25, 0.3) is 0 Å². The zero-order valence-corrected chi connectivity index (χ0v) is 12.0. The maximum atomic E-state index is 13.2. The molecule has 0 aromatic carbocycles. The fraction of sp³-hybridized carbons (Fsp3) is 0.923. The van der Waals surface area contributed by atoms with Gasteiger partial charge in [0.25, 0.3) is 0 Å². The third-order valence-electron chi connectivity index (χ3n) is 2.26. The quantitative estimate of drug-likeness (QED) is 0.621. The van der Waals surface area contributed by atoms with Crippen molar-refractivity contribution in [2.75, 3.05) is 26.3 Å². The molecule has 2 N–H and O–H groups in total. The molecule has 0 aliphatic rings. The van der Waals surface area contributed by atoms with E-state index in [-0.39, 0.29) is 24.6 Å². The topological polar surface area (TPSA) is 50.4 Å². The molecule has 0 fully saturated rings. The summed E-state index contributed by atoms with van der Waals surface area (Å²) in [5.41, 5.74) is 0.104. The summed E-state index contributed by atoms with van der Waals surface area (Å²) in [6.07, 6.45) is 0.105. The van der Waals surface area contributed by atoms with Gasteiger partial charge >= 0.3 is 0 Å². The third-order valence-corrected chi connectivity index (χ3v) is 2.26. The Morgan fingerprint density at radius 1 is 1.39 bits per heavy atom. The monoisotopic (exact) mass is 262 g/mol. The zero-order valence-electron chi connectivity index (χ0n) is 12.0. The van der Waals surface area contributed by atoms with Crippen LogP contribution in [0, 0.1) is 0 Å². The van der Waals surface area contributed by atoms with Gasteiger partial charge < -0.3 is 15.4 Å². The molecule has 0 rings (SSSR count). The molecule has 0 radical (unpaired) electrons. The van der Waals surface area contributed by atoms with Crippen LogP contribution in [-0.4, -0.2) is 43.9 Å². The van der Waals surface area contributed by atoms with E-state index in [0.29, 0.717) is 13.0 Å². The SMILES string of the molecule is CCC(=O)NCC(F)COCCCNC(C)(C)C. The molecule has 0 aliphatic heterocycles. The predicted molar refractivity (Wildman–Crippen MR) is 71.4 cm³/mol. The second-order valence-electron chi connectivity index (χ2n) is 5.36. The minimum absolute atomic E-state index is 0.0346. The summed E-state index contributed by atoms with van der Waals surface area (Å²) in [5.74, 6) is -0.132. The van der Waals surface area contributed by atoms with Crippen LogP contribution in [0.1, 0.15) is 40.5 Å². The number of hydrogen-bond donors (Lipinski definition) is 2. The Hall–Kier alpha value is -0.680. The Bertz CT molecular complexity index is 230. The van der Waals surface area contributed by atoms with E-state index in [1.54, 1.807) is 6.92 Å². The predicted octanol–water partition coefficient (Wildman–Crippen LogP) is 1.65. The van der Waals surface area contributed by atoms with Gasteiger partial charge in [0, 0.05) is 18.6 Å². The minimum atomic E-state index is -1.13. The first-order valence-electron chi connectivity index (χ1n) is 6.58. The molecule has 0 aromatic heterocycles. The van der Waals surface area contributed by atoms with Gasteiger partial charge in [-0.1, -0.05) is 6.92 Å². The van der Waals surface area contributed by atoms with Gasteiger partial charge in [-0.2, -0.15) is 0 Å². The van der Waals surface area contributed by atoms with Crippen molar-refractivity contribution in [1.29, 1.82) is 0 Å². The van der Waals surface area contributed by atoms with Gasteiger partial charge in [-0.3, -0.25) is 4.79 Å². The molecular weight excluding hydrogens is 235 g/mol. The molecular formula is C13H27FN2O2. The summed E-state index contributed by atoms with van der Waals surface area (Å²) in [7, 11) is 0. The molecule has 18 heavy (non-hydrogen) atoms. The number of rotatable bonds is 9. The van der Waals surface area contributed by atoms with Crippen LogP contribution in [0.5, 0.6) is 0 Å². The Morgan fingerprint density at radius 3 is 2.61 bits per heavy atom. The number of hydrogen-bond acceptors (Lipinski definition) is 3. The van der Waals surface area contributed by atoms with E-state index in [1.165, 1.54) is 0 Å². The lowest BCUT2D eigenvalue weighted by Crippen LogP contribution is -2.37. The maximum Gasteiger partial charge on any atom is 0.219 e. The number of carbonyl (C=O) groups is 1.